The zero-order valence-corrected chi connectivity index (χ0v) is 11.5. The molecule has 108 valence electrons. The second-order valence-electron chi connectivity index (χ2n) is 4.17. The zero-order chi connectivity index (χ0) is 14.4. The van der Waals surface area contributed by atoms with E-state index in [1.807, 2.05) is 18.2 Å². The lowest BCUT2D eigenvalue weighted by molar-refractivity contribution is -0.117. The van der Waals surface area contributed by atoms with Crippen LogP contribution in [0.4, 0.5) is 4.79 Å². The highest BCUT2D eigenvalue weighted by molar-refractivity contribution is 6.28. The normalized spacial score (nSPS) is 12.7. The van der Waals surface area contributed by atoms with Crippen LogP contribution in [-0.2, 0) is 11.2 Å². The van der Waals surface area contributed by atoms with Crippen molar-refractivity contribution in [1.82, 2.24) is 10.6 Å². The molecule has 0 fully saturated rings. The highest BCUT2D eigenvalue weighted by atomic mass is 35.5. The predicted octanol–water partition coefficient (Wildman–Crippen LogP) is 1.06. The summed E-state index contributed by atoms with van der Waals surface area (Å²) in [4.78, 5) is 22.2. The van der Waals surface area contributed by atoms with Crippen LogP contribution in [0.3, 0.4) is 0 Å². The van der Waals surface area contributed by atoms with Crippen molar-refractivity contribution in [1.29, 1.82) is 0 Å². The maximum atomic E-state index is 11.3. The minimum atomic E-state index is -0.548. The van der Waals surface area contributed by atoms with Crippen LogP contribution in [0.2, 0.25) is 0 Å². The first-order valence-corrected chi connectivity index (χ1v) is 6.74. The minimum Gasteiger partial charge on any atom is -0.486 e. The highest BCUT2D eigenvalue weighted by Crippen LogP contribution is 2.30. The van der Waals surface area contributed by atoms with E-state index in [0.29, 0.717) is 26.2 Å². The Morgan fingerprint density at radius 1 is 1.20 bits per heavy atom. The number of benzene rings is 1. The number of carbonyl (C=O) groups excluding carboxylic acids is 2. The SMILES string of the molecule is O=C(CCl)NC(=O)NCCc1ccc2c(c1)OCCO2. The van der Waals surface area contributed by atoms with E-state index in [1.54, 1.807) is 0 Å². The molecule has 1 aliphatic rings. The van der Waals surface area contributed by atoms with E-state index >= 15 is 0 Å². The van der Waals surface area contributed by atoms with Crippen LogP contribution in [0.1, 0.15) is 5.56 Å². The number of carbonyl (C=O) groups is 2. The fourth-order valence-corrected chi connectivity index (χ4v) is 1.83. The zero-order valence-electron chi connectivity index (χ0n) is 10.8. The fourth-order valence-electron chi connectivity index (χ4n) is 1.77. The number of hydrogen-bond acceptors (Lipinski definition) is 4. The third-order valence-corrected chi connectivity index (χ3v) is 2.92. The summed E-state index contributed by atoms with van der Waals surface area (Å²) in [5.74, 6) is 0.688. The molecule has 1 aliphatic heterocycles. The van der Waals surface area contributed by atoms with Gasteiger partial charge in [-0.05, 0) is 24.1 Å². The Labute approximate surface area is 121 Å². The average molecular weight is 299 g/mol. The van der Waals surface area contributed by atoms with Crippen LogP contribution in [0.25, 0.3) is 0 Å². The van der Waals surface area contributed by atoms with E-state index in [1.165, 1.54) is 0 Å². The lowest BCUT2D eigenvalue weighted by atomic mass is 10.1. The third kappa shape index (κ3) is 4.03. The molecular weight excluding hydrogens is 284 g/mol. The van der Waals surface area contributed by atoms with Gasteiger partial charge in [-0.3, -0.25) is 10.1 Å². The van der Waals surface area contributed by atoms with E-state index in [0.717, 1.165) is 17.1 Å². The summed E-state index contributed by atoms with van der Waals surface area (Å²) in [6, 6.07) is 5.10. The molecule has 0 aromatic heterocycles. The molecule has 0 bridgehead atoms. The van der Waals surface area contributed by atoms with Crippen LogP contribution in [-0.4, -0.2) is 37.6 Å². The van der Waals surface area contributed by atoms with E-state index in [4.69, 9.17) is 21.1 Å². The average Bonchev–Trinajstić information content (AvgIpc) is 2.47. The Morgan fingerprint density at radius 3 is 2.70 bits per heavy atom. The molecule has 1 aromatic rings. The maximum absolute atomic E-state index is 11.3. The summed E-state index contributed by atoms with van der Waals surface area (Å²) in [6.45, 7) is 1.50. The van der Waals surface area contributed by atoms with Crippen molar-refractivity contribution < 1.29 is 19.1 Å². The molecule has 0 unspecified atom stereocenters. The highest BCUT2D eigenvalue weighted by Gasteiger charge is 2.11. The summed E-state index contributed by atoms with van der Waals surface area (Å²) in [5, 5.41) is 4.68. The number of fused-ring (bicyclic) bond motifs is 1. The number of alkyl halides is 1. The quantitative estimate of drug-likeness (QED) is 0.815. The third-order valence-electron chi connectivity index (χ3n) is 2.68. The Balaban J connectivity index is 1.79. The van der Waals surface area contributed by atoms with Crippen LogP contribution < -0.4 is 20.1 Å². The number of imide groups is 1. The first-order valence-electron chi connectivity index (χ1n) is 6.21. The molecule has 0 radical (unpaired) electrons. The summed E-state index contributed by atoms with van der Waals surface area (Å²) in [5.41, 5.74) is 1.01. The van der Waals surface area contributed by atoms with Crippen molar-refractivity contribution in [2.45, 2.75) is 6.42 Å². The van der Waals surface area contributed by atoms with Crippen LogP contribution >= 0.6 is 11.6 Å². The van der Waals surface area contributed by atoms with Gasteiger partial charge in [-0.2, -0.15) is 0 Å². The lowest BCUT2D eigenvalue weighted by Crippen LogP contribution is -2.40. The molecule has 0 atom stereocenters. The van der Waals surface area contributed by atoms with Gasteiger partial charge in [0.05, 0.1) is 0 Å². The molecule has 20 heavy (non-hydrogen) atoms. The van der Waals surface area contributed by atoms with Gasteiger partial charge in [-0.1, -0.05) is 6.07 Å². The summed E-state index contributed by atoms with van der Waals surface area (Å²) in [6.07, 6.45) is 0.624. The van der Waals surface area contributed by atoms with Gasteiger partial charge in [-0.25, -0.2) is 4.79 Å². The number of halogens is 1. The molecule has 0 saturated heterocycles. The Hall–Kier alpha value is -1.95. The first kappa shape index (κ1) is 14.5. The second kappa shape index (κ2) is 7.00. The number of amides is 3. The van der Waals surface area contributed by atoms with Gasteiger partial charge in [-0.15, -0.1) is 11.6 Å². The Morgan fingerprint density at radius 2 is 1.95 bits per heavy atom. The summed E-state index contributed by atoms with van der Waals surface area (Å²) >= 11 is 5.28. The van der Waals surface area contributed by atoms with Crippen molar-refractivity contribution in [3.05, 3.63) is 23.8 Å². The molecule has 2 rings (SSSR count). The fraction of sp³-hybridized carbons (Fsp3) is 0.385. The molecule has 0 saturated carbocycles. The van der Waals surface area contributed by atoms with Crippen molar-refractivity contribution in [2.75, 3.05) is 25.6 Å². The Bertz CT molecular complexity index is 507. The Kier molecular flexibility index (Phi) is 5.06. The van der Waals surface area contributed by atoms with E-state index in [-0.39, 0.29) is 5.88 Å². The molecule has 3 amide bonds. The van der Waals surface area contributed by atoms with Gasteiger partial charge >= 0.3 is 6.03 Å². The number of hydrogen-bond donors (Lipinski definition) is 2. The molecule has 1 heterocycles. The first-order chi connectivity index (χ1) is 9.69. The number of nitrogens with one attached hydrogen (secondary N) is 2. The lowest BCUT2D eigenvalue weighted by Gasteiger charge is -2.18. The summed E-state index contributed by atoms with van der Waals surface area (Å²) < 4.78 is 10.9. The van der Waals surface area contributed by atoms with Crippen molar-refractivity contribution in [3.63, 3.8) is 0 Å². The topological polar surface area (TPSA) is 76.7 Å². The van der Waals surface area contributed by atoms with Gasteiger partial charge in [0.25, 0.3) is 0 Å². The second-order valence-corrected chi connectivity index (χ2v) is 4.43. The van der Waals surface area contributed by atoms with Gasteiger partial charge < -0.3 is 14.8 Å². The monoisotopic (exact) mass is 298 g/mol. The van der Waals surface area contributed by atoms with Crippen LogP contribution in [0.5, 0.6) is 11.5 Å². The number of ether oxygens (including phenoxy) is 2. The molecular formula is C13H15ClN2O4. The maximum Gasteiger partial charge on any atom is 0.321 e. The molecule has 7 heteroatoms. The summed E-state index contributed by atoms with van der Waals surface area (Å²) in [7, 11) is 0. The molecule has 0 spiro atoms. The standard InChI is InChI=1S/C13H15ClN2O4/c14-8-12(17)16-13(18)15-4-3-9-1-2-10-11(7-9)20-6-5-19-10/h1-2,7H,3-6,8H2,(H2,15,16,17,18). The van der Waals surface area contributed by atoms with Gasteiger partial charge in [0.1, 0.15) is 19.1 Å². The van der Waals surface area contributed by atoms with Crippen molar-refractivity contribution in [2.24, 2.45) is 0 Å². The van der Waals surface area contributed by atoms with Gasteiger partial charge in [0.2, 0.25) is 5.91 Å². The van der Waals surface area contributed by atoms with E-state index in [9.17, 15) is 9.59 Å². The minimum absolute atomic E-state index is 0.240. The molecule has 6 nitrogen and oxygen atoms in total. The van der Waals surface area contributed by atoms with Crippen molar-refractivity contribution >= 4 is 23.5 Å². The van der Waals surface area contributed by atoms with Crippen LogP contribution in [0.15, 0.2) is 18.2 Å². The smallest absolute Gasteiger partial charge is 0.321 e. The largest absolute Gasteiger partial charge is 0.486 e. The van der Waals surface area contributed by atoms with Crippen molar-refractivity contribution in [3.8, 4) is 11.5 Å². The molecule has 2 N–H and O–H groups in total. The van der Waals surface area contributed by atoms with Crippen LogP contribution in [0, 0.1) is 0 Å². The van der Waals surface area contributed by atoms with E-state index in [2.05, 4.69) is 10.6 Å². The molecule has 0 aliphatic carbocycles. The van der Waals surface area contributed by atoms with E-state index < -0.39 is 11.9 Å². The number of urea groups is 1. The molecule has 1 aromatic carbocycles. The van der Waals surface area contributed by atoms with Gasteiger partial charge in [0, 0.05) is 6.54 Å². The van der Waals surface area contributed by atoms with Gasteiger partial charge in [0.15, 0.2) is 11.5 Å². The number of rotatable bonds is 4. The predicted molar refractivity (Wildman–Crippen MR) is 73.4 cm³/mol.